The maximum atomic E-state index is 11.1. The van der Waals surface area contributed by atoms with E-state index >= 15 is 0 Å². The van der Waals surface area contributed by atoms with E-state index in [9.17, 15) is 25.0 Å². The molecule has 172 valence electrons. The van der Waals surface area contributed by atoms with Crippen molar-refractivity contribution in [2.45, 2.75) is 7.43 Å². The van der Waals surface area contributed by atoms with Crippen LogP contribution in [0.15, 0.2) is 61.1 Å². The van der Waals surface area contributed by atoms with Gasteiger partial charge in [0.1, 0.15) is 0 Å². The average molecular weight is 512 g/mol. The molecule has 0 saturated carbocycles. The van der Waals surface area contributed by atoms with Crippen LogP contribution in [0.2, 0.25) is 0 Å². The number of aromatic amines is 1. The fourth-order valence-corrected chi connectivity index (χ4v) is 2.39. The van der Waals surface area contributed by atoms with Crippen LogP contribution in [0.4, 0.5) is 11.4 Å². The van der Waals surface area contributed by atoms with Crippen LogP contribution in [0, 0.1) is 20.2 Å². The zero-order valence-corrected chi connectivity index (χ0v) is 17.4. The highest BCUT2D eigenvalue weighted by atomic mass is 79.9. The van der Waals surface area contributed by atoms with Gasteiger partial charge in [-0.3, -0.25) is 29.8 Å². The van der Waals surface area contributed by atoms with E-state index in [1.54, 1.807) is 24.4 Å². The molecule has 0 bridgehead atoms. The summed E-state index contributed by atoms with van der Waals surface area (Å²) in [7, 11) is 0. The van der Waals surface area contributed by atoms with Gasteiger partial charge in [0, 0.05) is 35.4 Å². The maximum absolute atomic E-state index is 11.1. The highest BCUT2D eigenvalue weighted by Gasteiger charge is 2.09. The summed E-state index contributed by atoms with van der Waals surface area (Å²) >= 11 is 2.99. The van der Waals surface area contributed by atoms with Crippen molar-refractivity contribution < 1.29 is 24.9 Å². The fraction of sp³-hybridized carbons (Fsp3) is 0.105. The number of rotatable bonds is 5. The molecule has 0 unspecified atom stereocenters. The van der Waals surface area contributed by atoms with Crippen LogP contribution in [0.1, 0.15) is 17.8 Å². The summed E-state index contributed by atoms with van der Waals surface area (Å²) in [6, 6.07) is 12.1. The Labute approximate surface area is 191 Å². The van der Waals surface area contributed by atoms with Crippen LogP contribution in [-0.4, -0.2) is 42.8 Å². The largest absolute Gasteiger partial charge is 0.412 e. The summed E-state index contributed by atoms with van der Waals surface area (Å²) in [5.74, 6) is -0.163. The van der Waals surface area contributed by atoms with E-state index in [1.807, 2.05) is 0 Å². The number of benzene rings is 2. The third-order valence-electron chi connectivity index (χ3n) is 3.37. The number of ketones is 1. The first kappa shape index (κ1) is 30.2. The summed E-state index contributed by atoms with van der Waals surface area (Å²) in [5.41, 5.74) is 6.07. The van der Waals surface area contributed by atoms with Gasteiger partial charge in [0.2, 0.25) is 6.41 Å². The van der Waals surface area contributed by atoms with Crippen LogP contribution < -0.4 is 5.73 Å². The van der Waals surface area contributed by atoms with Crippen LogP contribution in [0.25, 0.3) is 11.3 Å². The number of nitrogens with one attached hydrogen (secondary N) is 1. The maximum Gasteiger partial charge on any atom is 0.270 e. The molecule has 5 N–H and O–H groups in total. The van der Waals surface area contributed by atoms with Crippen LogP contribution in [0.5, 0.6) is 0 Å². The number of aromatic nitrogens is 2. The van der Waals surface area contributed by atoms with Crippen molar-refractivity contribution in [3.8, 4) is 11.3 Å². The zero-order valence-electron chi connectivity index (χ0n) is 15.8. The molecule has 1 amide bonds. The zero-order chi connectivity index (χ0) is 22.5. The Bertz CT molecular complexity index is 1010. The fourth-order valence-electron chi connectivity index (χ4n) is 2.07. The second-order valence-corrected chi connectivity index (χ2v) is 5.83. The number of hydrogen-bond donors (Lipinski definition) is 2. The SMILES string of the molecule is C.NC=O.O.O=C(CBr)c1cccc([N+](=O)[O-])c1.O=[N+]([O-])c1cccc(-c2cnc[nH]2)c1. The number of nitrogens with zero attached hydrogens (tertiary/aromatic N) is 3. The highest BCUT2D eigenvalue weighted by Crippen LogP contribution is 2.21. The Balaban J connectivity index is 0. The van der Waals surface area contributed by atoms with E-state index in [-0.39, 0.29) is 41.8 Å². The number of H-pyrrole nitrogens is 1. The van der Waals surface area contributed by atoms with E-state index in [2.05, 4.69) is 31.6 Å². The van der Waals surface area contributed by atoms with E-state index < -0.39 is 9.85 Å². The van der Waals surface area contributed by atoms with Crippen LogP contribution in [-0.2, 0) is 4.79 Å². The molecule has 0 saturated heterocycles. The molecule has 0 aliphatic rings. The number of nitro benzene ring substituents is 2. The molecule has 32 heavy (non-hydrogen) atoms. The quantitative estimate of drug-likeness (QED) is 0.171. The van der Waals surface area contributed by atoms with Gasteiger partial charge in [0.15, 0.2) is 5.78 Å². The minimum absolute atomic E-state index is 0. The molecular formula is C19H22BrN5O7. The highest BCUT2D eigenvalue weighted by molar-refractivity contribution is 9.09. The van der Waals surface area contributed by atoms with Gasteiger partial charge in [-0.1, -0.05) is 47.6 Å². The molecular weight excluding hydrogens is 490 g/mol. The van der Waals surface area contributed by atoms with Gasteiger partial charge in [-0.25, -0.2) is 4.98 Å². The summed E-state index contributed by atoms with van der Waals surface area (Å²) in [6.07, 6.45) is 3.41. The van der Waals surface area contributed by atoms with Crippen molar-refractivity contribution in [3.05, 3.63) is 86.8 Å². The lowest BCUT2D eigenvalue weighted by atomic mass is 10.1. The second kappa shape index (κ2) is 15.8. The molecule has 12 nitrogen and oxygen atoms in total. The summed E-state index contributed by atoms with van der Waals surface area (Å²) in [6.45, 7) is 0. The number of nitro groups is 2. The van der Waals surface area contributed by atoms with Gasteiger partial charge < -0.3 is 16.2 Å². The summed E-state index contributed by atoms with van der Waals surface area (Å²) in [5, 5.41) is 21.0. The average Bonchev–Trinajstić information content (AvgIpc) is 3.29. The Morgan fingerprint density at radius 1 is 1.09 bits per heavy atom. The van der Waals surface area contributed by atoms with Crippen molar-refractivity contribution >= 4 is 39.5 Å². The number of carbonyl (C=O) groups excluding carboxylic acids is 2. The number of hydrogen-bond acceptors (Lipinski definition) is 7. The van der Waals surface area contributed by atoms with Gasteiger partial charge in [-0.15, -0.1) is 0 Å². The molecule has 13 heteroatoms. The van der Waals surface area contributed by atoms with Gasteiger partial charge in [0.25, 0.3) is 11.4 Å². The third-order valence-corrected chi connectivity index (χ3v) is 3.88. The first-order chi connectivity index (χ1) is 14.3. The molecule has 0 fully saturated rings. The molecule has 0 aliphatic carbocycles. The van der Waals surface area contributed by atoms with E-state index in [1.165, 1.54) is 36.7 Å². The monoisotopic (exact) mass is 511 g/mol. The predicted octanol–water partition coefficient (Wildman–Crippen LogP) is 3.07. The number of nitrogens with two attached hydrogens (primary N) is 1. The van der Waals surface area contributed by atoms with Crippen LogP contribution in [0.3, 0.4) is 0 Å². The number of Topliss-reactive ketones (excluding diaryl/α,β-unsaturated/α-hetero) is 1. The Hall–Kier alpha value is -3.97. The summed E-state index contributed by atoms with van der Waals surface area (Å²) in [4.78, 5) is 46.3. The Morgan fingerprint density at radius 2 is 1.62 bits per heavy atom. The second-order valence-electron chi connectivity index (χ2n) is 5.27. The normalized spacial score (nSPS) is 8.66. The van der Waals surface area contributed by atoms with Crippen molar-refractivity contribution in [1.29, 1.82) is 0 Å². The first-order valence-corrected chi connectivity index (χ1v) is 9.18. The molecule has 0 radical (unpaired) electrons. The van der Waals surface area contributed by atoms with Gasteiger partial charge in [-0.2, -0.15) is 0 Å². The number of primary amides is 1. The third kappa shape index (κ3) is 9.69. The van der Waals surface area contributed by atoms with Crippen molar-refractivity contribution in [2.24, 2.45) is 5.73 Å². The van der Waals surface area contributed by atoms with E-state index in [0.717, 1.165) is 11.3 Å². The lowest BCUT2D eigenvalue weighted by Crippen LogP contribution is -2.00. The predicted molar refractivity (Wildman–Crippen MR) is 122 cm³/mol. The first-order valence-electron chi connectivity index (χ1n) is 8.06. The topological polar surface area (TPSA) is 207 Å². The number of imidazole rings is 1. The van der Waals surface area contributed by atoms with Crippen LogP contribution >= 0.6 is 15.9 Å². The number of alkyl halides is 1. The molecule has 1 aromatic heterocycles. The minimum Gasteiger partial charge on any atom is -0.412 e. The number of halogens is 1. The minimum atomic E-state index is -0.523. The van der Waals surface area contributed by atoms with Crippen molar-refractivity contribution in [3.63, 3.8) is 0 Å². The molecule has 2 aromatic carbocycles. The lowest BCUT2D eigenvalue weighted by Gasteiger charge is -1.96. The van der Waals surface area contributed by atoms with Crippen molar-refractivity contribution in [1.82, 2.24) is 9.97 Å². The molecule has 1 heterocycles. The molecule has 3 rings (SSSR count). The van der Waals surface area contributed by atoms with Gasteiger partial charge in [0.05, 0.1) is 33.4 Å². The molecule has 3 aromatic rings. The van der Waals surface area contributed by atoms with Gasteiger partial charge in [-0.05, 0) is 0 Å². The number of carbonyl (C=O) groups is 2. The standard InChI is InChI=1S/C9H7N3O2.C8H6BrNO3.CH3NO.CH4.H2O/c13-12(14)8-3-1-2-7(4-8)9-5-10-6-11-9;9-5-8(11)6-2-1-3-7(4-6)10(12)13;2-1-3;;/h1-6H,(H,10,11);1-4H,5H2;1H,(H2,2,3);1H4;1H2. The number of amides is 1. The molecule has 0 atom stereocenters. The van der Waals surface area contributed by atoms with E-state index in [0.29, 0.717) is 5.56 Å². The van der Waals surface area contributed by atoms with E-state index in [4.69, 9.17) is 4.79 Å². The smallest absolute Gasteiger partial charge is 0.270 e. The summed E-state index contributed by atoms with van der Waals surface area (Å²) < 4.78 is 0. The van der Waals surface area contributed by atoms with Gasteiger partial charge >= 0.3 is 0 Å². The Kier molecular flexibility index (Phi) is 14.9. The lowest BCUT2D eigenvalue weighted by molar-refractivity contribution is -0.385. The number of non-ortho nitro benzene ring substituents is 2. The van der Waals surface area contributed by atoms with Crippen molar-refractivity contribution in [2.75, 3.05) is 5.33 Å². The molecule has 0 aliphatic heterocycles. The Morgan fingerprint density at radius 3 is 2.09 bits per heavy atom. The molecule has 0 spiro atoms.